The SMILES string of the molecule is O=S(=O)(c1ccc(F)cc1F)N1CCN(c2ccccn2)CC1. The molecule has 122 valence electrons. The van der Waals surface area contributed by atoms with Crippen molar-refractivity contribution in [2.24, 2.45) is 0 Å². The number of halogens is 2. The van der Waals surface area contributed by atoms with E-state index in [1.165, 1.54) is 4.31 Å². The minimum absolute atomic E-state index is 0.218. The minimum atomic E-state index is -3.97. The quantitative estimate of drug-likeness (QED) is 0.857. The lowest BCUT2D eigenvalue weighted by Crippen LogP contribution is -2.49. The first kappa shape index (κ1) is 15.8. The maximum atomic E-state index is 13.8. The Hall–Kier alpha value is -2.06. The Kier molecular flexibility index (Phi) is 4.27. The molecule has 0 saturated carbocycles. The van der Waals surface area contributed by atoms with Gasteiger partial charge in [0.1, 0.15) is 22.3 Å². The van der Waals surface area contributed by atoms with Crippen LogP contribution >= 0.6 is 0 Å². The smallest absolute Gasteiger partial charge is 0.246 e. The molecule has 23 heavy (non-hydrogen) atoms. The van der Waals surface area contributed by atoms with E-state index in [4.69, 9.17) is 0 Å². The Morgan fingerprint density at radius 2 is 1.74 bits per heavy atom. The van der Waals surface area contributed by atoms with Crippen molar-refractivity contribution in [1.82, 2.24) is 9.29 Å². The summed E-state index contributed by atoms with van der Waals surface area (Å²) in [7, 11) is -3.97. The van der Waals surface area contributed by atoms with Crippen molar-refractivity contribution in [1.29, 1.82) is 0 Å². The molecule has 2 heterocycles. The van der Waals surface area contributed by atoms with Gasteiger partial charge in [0.15, 0.2) is 0 Å². The zero-order valence-electron chi connectivity index (χ0n) is 12.2. The van der Waals surface area contributed by atoms with Gasteiger partial charge < -0.3 is 4.90 Å². The molecule has 1 aliphatic rings. The number of hydrogen-bond donors (Lipinski definition) is 0. The van der Waals surface area contributed by atoms with Crippen LogP contribution in [0.3, 0.4) is 0 Å². The first-order valence-electron chi connectivity index (χ1n) is 7.10. The summed E-state index contributed by atoms with van der Waals surface area (Å²) in [6, 6.07) is 8.01. The Morgan fingerprint density at radius 3 is 2.35 bits per heavy atom. The maximum absolute atomic E-state index is 13.8. The van der Waals surface area contributed by atoms with Crippen molar-refractivity contribution in [3.05, 3.63) is 54.2 Å². The molecule has 0 amide bonds. The van der Waals surface area contributed by atoms with E-state index in [2.05, 4.69) is 4.98 Å². The van der Waals surface area contributed by atoms with Gasteiger partial charge in [-0.1, -0.05) is 6.07 Å². The van der Waals surface area contributed by atoms with Gasteiger partial charge in [-0.2, -0.15) is 4.31 Å². The van der Waals surface area contributed by atoms with E-state index in [1.807, 2.05) is 23.1 Å². The molecular weight excluding hydrogens is 324 g/mol. The molecule has 1 fully saturated rings. The maximum Gasteiger partial charge on any atom is 0.246 e. The van der Waals surface area contributed by atoms with E-state index >= 15 is 0 Å². The highest BCUT2D eigenvalue weighted by molar-refractivity contribution is 7.89. The summed E-state index contributed by atoms with van der Waals surface area (Å²) >= 11 is 0. The summed E-state index contributed by atoms with van der Waals surface area (Å²) in [5.41, 5.74) is 0. The number of anilines is 1. The predicted molar refractivity (Wildman–Crippen MR) is 81.6 cm³/mol. The summed E-state index contributed by atoms with van der Waals surface area (Å²) in [5.74, 6) is -1.10. The van der Waals surface area contributed by atoms with Crippen LogP contribution in [0.25, 0.3) is 0 Å². The molecule has 2 aromatic rings. The minimum Gasteiger partial charge on any atom is -0.354 e. The fraction of sp³-hybridized carbons (Fsp3) is 0.267. The van der Waals surface area contributed by atoms with Crippen molar-refractivity contribution in [3.63, 3.8) is 0 Å². The van der Waals surface area contributed by atoms with Gasteiger partial charge in [-0.3, -0.25) is 0 Å². The van der Waals surface area contributed by atoms with Gasteiger partial charge in [0.25, 0.3) is 0 Å². The van der Waals surface area contributed by atoms with Crippen molar-refractivity contribution >= 4 is 15.8 Å². The molecule has 0 unspecified atom stereocenters. The zero-order chi connectivity index (χ0) is 16.4. The van der Waals surface area contributed by atoms with Crippen molar-refractivity contribution in [2.45, 2.75) is 4.90 Å². The molecule has 5 nitrogen and oxygen atoms in total. The molecule has 0 radical (unpaired) electrons. The predicted octanol–water partition coefficient (Wildman–Crippen LogP) is 1.87. The Bertz CT molecular complexity index is 792. The highest BCUT2D eigenvalue weighted by Crippen LogP contribution is 2.22. The second kappa shape index (κ2) is 6.21. The molecule has 0 spiro atoms. The fourth-order valence-electron chi connectivity index (χ4n) is 2.52. The van der Waals surface area contributed by atoms with Gasteiger partial charge in [-0.05, 0) is 24.3 Å². The molecule has 0 N–H and O–H groups in total. The van der Waals surface area contributed by atoms with Crippen molar-refractivity contribution < 1.29 is 17.2 Å². The number of pyridine rings is 1. The van der Waals surface area contributed by atoms with Crippen LogP contribution in [0.2, 0.25) is 0 Å². The monoisotopic (exact) mass is 339 g/mol. The third kappa shape index (κ3) is 3.18. The van der Waals surface area contributed by atoms with Gasteiger partial charge in [-0.15, -0.1) is 0 Å². The molecule has 1 saturated heterocycles. The molecule has 3 rings (SSSR count). The van der Waals surface area contributed by atoms with E-state index < -0.39 is 26.6 Å². The molecule has 8 heteroatoms. The molecule has 0 atom stereocenters. The number of piperazine rings is 1. The van der Waals surface area contributed by atoms with Gasteiger partial charge in [-0.25, -0.2) is 22.2 Å². The number of aromatic nitrogens is 1. The number of sulfonamides is 1. The summed E-state index contributed by atoms with van der Waals surface area (Å²) < 4.78 is 52.9. The molecule has 1 aliphatic heterocycles. The molecule has 0 aliphatic carbocycles. The second-order valence-electron chi connectivity index (χ2n) is 5.15. The van der Waals surface area contributed by atoms with Crippen LogP contribution in [0, 0.1) is 11.6 Å². The van der Waals surface area contributed by atoms with Crippen LogP contribution in [0.4, 0.5) is 14.6 Å². The lowest BCUT2D eigenvalue weighted by molar-refractivity contribution is 0.381. The lowest BCUT2D eigenvalue weighted by atomic mass is 10.3. The molecular formula is C15H15F2N3O2S. The van der Waals surface area contributed by atoms with E-state index in [-0.39, 0.29) is 13.1 Å². The Labute approximate surface area is 133 Å². The number of nitrogens with zero attached hydrogens (tertiary/aromatic N) is 3. The molecule has 1 aromatic heterocycles. The standard InChI is InChI=1S/C15H15F2N3O2S/c16-12-4-5-14(13(17)11-12)23(21,22)20-9-7-19(8-10-20)15-3-1-2-6-18-15/h1-6,11H,7-10H2. The van der Waals surface area contributed by atoms with Gasteiger partial charge in [0.2, 0.25) is 10.0 Å². The molecule has 0 bridgehead atoms. The first-order chi connectivity index (χ1) is 11.0. The summed E-state index contributed by atoms with van der Waals surface area (Å²) in [5, 5.41) is 0. The number of rotatable bonds is 3. The van der Waals surface area contributed by atoms with Crippen LogP contribution in [0.15, 0.2) is 47.5 Å². The summed E-state index contributed by atoms with van der Waals surface area (Å²) in [6.07, 6.45) is 1.67. The van der Waals surface area contributed by atoms with Crippen molar-refractivity contribution in [3.8, 4) is 0 Å². The third-order valence-electron chi connectivity index (χ3n) is 3.72. The normalized spacial score (nSPS) is 16.5. The average Bonchev–Trinajstić information content (AvgIpc) is 2.55. The first-order valence-corrected chi connectivity index (χ1v) is 8.54. The average molecular weight is 339 g/mol. The van der Waals surface area contributed by atoms with Gasteiger partial charge in [0, 0.05) is 38.4 Å². The van der Waals surface area contributed by atoms with Crippen molar-refractivity contribution in [2.75, 3.05) is 31.1 Å². The number of hydrogen-bond acceptors (Lipinski definition) is 4. The molecule has 1 aromatic carbocycles. The van der Waals surface area contributed by atoms with Crippen LogP contribution in [0.1, 0.15) is 0 Å². The highest BCUT2D eigenvalue weighted by atomic mass is 32.2. The van der Waals surface area contributed by atoms with Crippen LogP contribution in [-0.2, 0) is 10.0 Å². The van der Waals surface area contributed by atoms with E-state index in [0.29, 0.717) is 19.2 Å². The van der Waals surface area contributed by atoms with E-state index in [9.17, 15) is 17.2 Å². The van der Waals surface area contributed by atoms with Crippen LogP contribution in [-0.4, -0.2) is 43.9 Å². The fourth-order valence-corrected chi connectivity index (χ4v) is 3.99. The van der Waals surface area contributed by atoms with Gasteiger partial charge in [0.05, 0.1) is 0 Å². The van der Waals surface area contributed by atoms with Gasteiger partial charge >= 0.3 is 0 Å². The highest BCUT2D eigenvalue weighted by Gasteiger charge is 2.31. The lowest BCUT2D eigenvalue weighted by Gasteiger charge is -2.34. The zero-order valence-corrected chi connectivity index (χ0v) is 13.0. The number of benzene rings is 1. The largest absolute Gasteiger partial charge is 0.354 e. The second-order valence-corrected chi connectivity index (χ2v) is 7.06. The topological polar surface area (TPSA) is 53.5 Å². The summed E-state index contributed by atoms with van der Waals surface area (Å²) in [4.78, 5) is 5.70. The third-order valence-corrected chi connectivity index (χ3v) is 5.66. The van der Waals surface area contributed by atoms with Crippen LogP contribution < -0.4 is 4.90 Å². The Balaban J connectivity index is 1.76. The van der Waals surface area contributed by atoms with E-state index in [1.54, 1.807) is 6.20 Å². The van der Waals surface area contributed by atoms with Crippen LogP contribution in [0.5, 0.6) is 0 Å². The summed E-state index contributed by atoms with van der Waals surface area (Å²) in [6.45, 7) is 1.35. The van der Waals surface area contributed by atoms with E-state index in [0.717, 1.165) is 18.0 Å². The Morgan fingerprint density at radius 1 is 1.00 bits per heavy atom.